The van der Waals surface area contributed by atoms with E-state index in [9.17, 15) is 14.0 Å². The van der Waals surface area contributed by atoms with E-state index in [2.05, 4.69) is 0 Å². The first-order valence-electron chi connectivity index (χ1n) is 9.57. The summed E-state index contributed by atoms with van der Waals surface area (Å²) in [6.07, 6.45) is 1.64. The third-order valence-electron chi connectivity index (χ3n) is 5.35. The first-order valence-corrected chi connectivity index (χ1v) is 9.57. The molecular weight excluding hydrogens is 357 g/mol. The molecule has 0 spiro atoms. The molecule has 0 fully saturated rings. The molecule has 5 heteroatoms. The van der Waals surface area contributed by atoms with Crippen molar-refractivity contribution in [3.8, 4) is 0 Å². The highest BCUT2D eigenvalue weighted by Crippen LogP contribution is 2.39. The minimum absolute atomic E-state index is 0.0359. The average molecular weight is 379 g/mol. The van der Waals surface area contributed by atoms with Crippen LogP contribution in [-0.2, 0) is 0 Å². The van der Waals surface area contributed by atoms with Crippen molar-refractivity contribution in [2.75, 3.05) is 6.54 Å². The summed E-state index contributed by atoms with van der Waals surface area (Å²) in [6, 6.07) is 9.22. The Balaban J connectivity index is 2.03. The number of unbranched alkanes of at least 4 members (excludes halogenated alkanes) is 1. The normalized spacial score (nSPS) is 16.1. The predicted octanol–water partition coefficient (Wildman–Crippen LogP) is 4.89. The number of rotatable bonds is 4. The molecular formula is C23H22FNO3. The first kappa shape index (κ1) is 18.4. The van der Waals surface area contributed by atoms with Gasteiger partial charge in [0.15, 0.2) is 5.43 Å². The lowest BCUT2D eigenvalue weighted by molar-refractivity contribution is 0.0724. The van der Waals surface area contributed by atoms with Gasteiger partial charge in [-0.25, -0.2) is 4.39 Å². The number of carbonyl (C=O) groups is 1. The molecule has 4 nitrogen and oxygen atoms in total. The lowest BCUT2D eigenvalue weighted by Crippen LogP contribution is -2.31. The number of aryl methyl sites for hydroxylation is 2. The van der Waals surface area contributed by atoms with Gasteiger partial charge < -0.3 is 9.32 Å². The van der Waals surface area contributed by atoms with E-state index in [4.69, 9.17) is 4.42 Å². The summed E-state index contributed by atoms with van der Waals surface area (Å²) in [4.78, 5) is 28.1. The quantitative estimate of drug-likeness (QED) is 0.648. The van der Waals surface area contributed by atoms with Crippen LogP contribution in [0, 0.1) is 19.7 Å². The zero-order valence-corrected chi connectivity index (χ0v) is 16.2. The van der Waals surface area contributed by atoms with Gasteiger partial charge in [0, 0.05) is 12.1 Å². The molecule has 0 N–H and O–H groups in total. The summed E-state index contributed by atoms with van der Waals surface area (Å²) in [5.74, 6) is -0.751. The summed E-state index contributed by atoms with van der Waals surface area (Å²) >= 11 is 0. The summed E-state index contributed by atoms with van der Waals surface area (Å²) in [5, 5.41) is 0.433. The largest absolute Gasteiger partial charge is 0.450 e. The molecule has 3 aromatic rings. The number of halogens is 1. The zero-order chi connectivity index (χ0) is 20.0. The molecule has 1 aromatic heterocycles. The van der Waals surface area contributed by atoms with Crippen molar-refractivity contribution >= 4 is 16.9 Å². The maximum atomic E-state index is 14.7. The minimum Gasteiger partial charge on any atom is -0.450 e. The van der Waals surface area contributed by atoms with Crippen LogP contribution in [0.1, 0.15) is 58.6 Å². The van der Waals surface area contributed by atoms with Gasteiger partial charge in [-0.15, -0.1) is 0 Å². The zero-order valence-electron chi connectivity index (χ0n) is 16.2. The predicted molar refractivity (Wildman–Crippen MR) is 106 cm³/mol. The van der Waals surface area contributed by atoms with Crippen molar-refractivity contribution in [3.05, 3.63) is 80.5 Å². The fourth-order valence-electron chi connectivity index (χ4n) is 4.05. The van der Waals surface area contributed by atoms with E-state index in [1.807, 2.05) is 26.8 Å². The Bertz CT molecular complexity index is 1150. The Kier molecular flexibility index (Phi) is 4.53. The molecule has 0 radical (unpaired) electrons. The van der Waals surface area contributed by atoms with Gasteiger partial charge in [0.05, 0.1) is 17.0 Å². The summed E-state index contributed by atoms with van der Waals surface area (Å²) in [6.45, 7) is 6.22. The van der Waals surface area contributed by atoms with E-state index in [1.54, 1.807) is 29.2 Å². The molecule has 1 amide bonds. The van der Waals surface area contributed by atoms with Gasteiger partial charge in [-0.3, -0.25) is 9.59 Å². The van der Waals surface area contributed by atoms with Crippen molar-refractivity contribution in [2.24, 2.45) is 0 Å². The van der Waals surface area contributed by atoms with Gasteiger partial charge >= 0.3 is 0 Å². The van der Waals surface area contributed by atoms with Crippen LogP contribution in [0.3, 0.4) is 0 Å². The van der Waals surface area contributed by atoms with Crippen LogP contribution in [-0.4, -0.2) is 17.4 Å². The minimum atomic E-state index is -0.767. The highest BCUT2D eigenvalue weighted by Gasteiger charge is 2.43. The number of carbonyl (C=O) groups excluding carboxylic acids is 1. The van der Waals surface area contributed by atoms with Gasteiger partial charge in [0.2, 0.25) is 5.76 Å². The fraction of sp³-hybridized carbons (Fsp3) is 0.304. The van der Waals surface area contributed by atoms with Crippen molar-refractivity contribution in [1.82, 2.24) is 4.90 Å². The molecule has 2 aromatic carbocycles. The molecule has 1 aliphatic rings. The van der Waals surface area contributed by atoms with E-state index >= 15 is 0 Å². The second kappa shape index (κ2) is 6.89. The average Bonchev–Trinajstić information content (AvgIpc) is 2.94. The Labute approximate surface area is 162 Å². The lowest BCUT2D eigenvalue weighted by Gasteiger charge is -2.25. The first-order chi connectivity index (χ1) is 13.4. The molecule has 1 atom stereocenters. The van der Waals surface area contributed by atoms with Gasteiger partial charge in [0.1, 0.15) is 11.4 Å². The van der Waals surface area contributed by atoms with Crippen LogP contribution < -0.4 is 5.43 Å². The Hall–Kier alpha value is -2.95. The van der Waals surface area contributed by atoms with E-state index in [1.165, 1.54) is 6.07 Å². The number of hydrogen-bond donors (Lipinski definition) is 0. The highest BCUT2D eigenvalue weighted by molar-refractivity contribution is 5.99. The van der Waals surface area contributed by atoms with E-state index < -0.39 is 11.9 Å². The van der Waals surface area contributed by atoms with Crippen LogP contribution >= 0.6 is 0 Å². The molecule has 0 bridgehead atoms. The number of fused-ring (bicyclic) bond motifs is 2. The maximum absolute atomic E-state index is 14.7. The third-order valence-corrected chi connectivity index (χ3v) is 5.35. The number of hydrogen-bond acceptors (Lipinski definition) is 3. The number of nitrogens with zero attached hydrogens (tertiary/aromatic N) is 1. The van der Waals surface area contributed by atoms with E-state index in [-0.39, 0.29) is 22.7 Å². The van der Waals surface area contributed by atoms with Gasteiger partial charge in [-0.2, -0.15) is 0 Å². The summed E-state index contributed by atoms with van der Waals surface area (Å²) in [7, 11) is 0. The highest BCUT2D eigenvalue weighted by atomic mass is 19.1. The second-order valence-electron chi connectivity index (χ2n) is 7.41. The van der Waals surface area contributed by atoms with Crippen molar-refractivity contribution < 1.29 is 13.6 Å². The molecule has 4 rings (SSSR count). The molecule has 0 saturated heterocycles. The number of amides is 1. The molecule has 2 heterocycles. The van der Waals surface area contributed by atoms with Gasteiger partial charge in [0.25, 0.3) is 5.91 Å². The van der Waals surface area contributed by atoms with Crippen molar-refractivity contribution in [2.45, 2.75) is 39.7 Å². The van der Waals surface area contributed by atoms with Crippen LogP contribution in [0.25, 0.3) is 11.0 Å². The van der Waals surface area contributed by atoms with Crippen molar-refractivity contribution in [1.29, 1.82) is 0 Å². The molecule has 0 saturated carbocycles. The van der Waals surface area contributed by atoms with Crippen LogP contribution in [0.4, 0.5) is 4.39 Å². The molecule has 1 aliphatic heterocycles. The van der Waals surface area contributed by atoms with Gasteiger partial charge in [-0.05, 0) is 43.5 Å². The van der Waals surface area contributed by atoms with E-state index in [0.29, 0.717) is 23.1 Å². The summed E-state index contributed by atoms with van der Waals surface area (Å²) in [5.41, 5.74) is 2.46. The second-order valence-corrected chi connectivity index (χ2v) is 7.41. The molecule has 0 aliphatic carbocycles. The summed E-state index contributed by atoms with van der Waals surface area (Å²) < 4.78 is 20.6. The third kappa shape index (κ3) is 2.73. The van der Waals surface area contributed by atoms with E-state index in [0.717, 1.165) is 24.0 Å². The maximum Gasteiger partial charge on any atom is 0.290 e. The molecule has 28 heavy (non-hydrogen) atoms. The Morgan fingerprint density at radius 3 is 2.61 bits per heavy atom. The van der Waals surface area contributed by atoms with Gasteiger partial charge in [-0.1, -0.05) is 37.6 Å². The lowest BCUT2D eigenvalue weighted by atomic mass is 9.97. The Morgan fingerprint density at radius 2 is 1.89 bits per heavy atom. The van der Waals surface area contributed by atoms with Crippen LogP contribution in [0.5, 0.6) is 0 Å². The standard InChI is InChI=1S/C23H22FNO3/c1-4-5-10-25-19(15-8-6-7-9-17(15)24)18-20(26)16-12-13(2)11-14(3)21(16)28-22(18)23(25)27/h6-9,11-12,19H,4-5,10H2,1-3H3. The fourth-order valence-corrected chi connectivity index (χ4v) is 4.05. The number of benzene rings is 2. The molecule has 144 valence electrons. The van der Waals surface area contributed by atoms with Crippen LogP contribution in [0.15, 0.2) is 45.6 Å². The smallest absolute Gasteiger partial charge is 0.290 e. The topological polar surface area (TPSA) is 50.5 Å². The Morgan fingerprint density at radius 1 is 1.14 bits per heavy atom. The molecule has 1 unspecified atom stereocenters. The van der Waals surface area contributed by atoms with Crippen molar-refractivity contribution in [3.63, 3.8) is 0 Å². The SMILES string of the molecule is CCCCN1C(=O)c2oc3c(C)cc(C)cc3c(=O)c2C1c1ccccc1F. The van der Waals surface area contributed by atoms with Crippen LogP contribution in [0.2, 0.25) is 0 Å². The monoisotopic (exact) mass is 379 g/mol.